The van der Waals surface area contributed by atoms with Crippen LogP contribution in [0.5, 0.6) is 0 Å². The van der Waals surface area contributed by atoms with Crippen molar-refractivity contribution in [3.8, 4) is 0 Å². The molecule has 0 aromatic heterocycles. The molecule has 0 heterocycles. The highest BCUT2D eigenvalue weighted by molar-refractivity contribution is 5.90. The van der Waals surface area contributed by atoms with Gasteiger partial charge in [-0.1, -0.05) is 0 Å². The first-order valence-electron chi connectivity index (χ1n) is 4.36. The van der Waals surface area contributed by atoms with Crippen molar-refractivity contribution in [1.29, 1.82) is 5.41 Å². The lowest BCUT2D eigenvalue weighted by Gasteiger charge is -1.74. The summed E-state index contributed by atoms with van der Waals surface area (Å²) in [6, 6.07) is 0. The van der Waals surface area contributed by atoms with E-state index in [1.165, 1.54) is 0 Å². The molecular weight excluding hydrogens is 278 g/mol. The summed E-state index contributed by atoms with van der Waals surface area (Å²) < 4.78 is 0. The van der Waals surface area contributed by atoms with Gasteiger partial charge in [0.15, 0.2) is 5.96 Å². The van der Waals surface area contributed by atoms with E-state index >= 15 is 0 Å². The number of hydrogen-bond donors (Lipinski definition) is 7. The van der Waals surface area contributed by atoms with Gasteiger partial charge < -0.3 is 31.9 Å². The fourth-order valence-electron chi connectivity index (χ4n) is 0.285. The van der Waals surface area contributed by atoms with Gasteiger partial charge in [-0.15, -0.1) is 0 Å². The monoisotopic (exact) mass is 291 g/mol. The maximum absolute atomic E-state index is 9.55. The van der Waals surface area contributed by atoms with Crippen LogP contribution in [0.2, 0.25) is 0 Å². The summed E-state index contributed by atoms with van der Waals surface area (Å²) >= 11 is 0. The summed E-state index contributed by atoms with van der Waals surface area (Å²) in [5.74, 6) is -5.36. The molecule has 0 aromatic rings. The lowest BCUT2D eigenvalue weighted by molar-refractivity contribution is -0.134. The molecule has 0 fully saturated rings. The van der Waals surface area contributed by atoms with Gasteiger partial charge >= 0.3 is 23.9 Å². The second kappa shape index (κ2) is 13.7. The highest BCUT2D eigenvalue weighted by atomic mass is 16.4. The zero-order valence-corrected chi connectivity index (χ0v) is 9.89. The Bertz CT molecular complexity index is 357. The lowest BCUT2D eigenvalue weighted by Crippen LogP contribution is -2.20. The molecule has 20 heavy (non-hydrogen) atoms. The Morgan fingerprint density at radius 2 is 0.750 bits per heavy atom. The van der Waals surface area contributed by atoms with Gasteiger partial charge in [0, 0.05) is 24.3 Å². The molecule has 0 saturated heterocycles. The minimum Gasteiger partial charge on any atom is -0.478 e. The Balaban J connectivity index is -0.000000230. The maximum Gasteiger partial charge on any atom is 0.328 e. The Morgan fingerprint density at radius 1 is 0.650 bits per heavy atom. The molecule has 0 amide bonds. The normalized spacial score (nSPS) is 8.80. The second-order valence-corrected chi connectivity index (χ2v) is 2.47. The van der Waals surface area contributed by atoms with E-state index < -0.39 is 23.9 Å². The van der Waals surface area contributed by atoms with Crippen LogP contribution >= 0.6 is 0 Å². The topological polar surface area (TPSA) is 225 Å². The van der Waals surface area contributed by atoms with Gasteiger partial charge in [-0.05, 0) is 0 Å². The molecule has 0 atom stereocenters. The van der Waals surface area contributed by atoms with Crippen LogP contribution in [0.4, 0.5) is 0 Å². The van der Waals surface area contributed by atoms with E-state index in [-0.39, 0.29) is 5.96 Å². The molecule has 112 valence electrons. The third-order valence-electron chi connectivity index (χ3n) is 0.737. The zero-order valence-electron chi connectivity index (χ0n) is 9.89. The quantitative estimate of drug-likeness (QED) is 0.176. The average Bonchev–Trinajstić information content (AvgIpc) is 2.23. The molecule has 11 heteroatoms. The molecule has 0 bridgehead atoms. The zero-order chi connectivity index (χ0) is 16.7. The van der Waals surface area contributed by atoms with E-state index in [9.17, 15) is 19.2 Å². The predicted molar refractivity (Wildman–Crippen MR) is 64.9 cm³/mol. The number of carboxylic acid groups (broad SMARTS) is 4. The minimum atomic E-state index is -1.26. The van der Waals surface area contributed by atoms with Gasteiger partial charge in [-0.25, -0.2) is 19.2 Å². The van der Waals surface area contributed by atoms with Crippen LogP contribution in [-0.2, 0) is 19.2 Å². The number of nitrogens with two attached hydrogens (primary N) is 2. The van der Waals surface area contributed by atoms with Gasteiger partial charge in [-0.3, -0.25) is 5.41 Å². The first-order chi connectivity index (χ1) is 8.98. The first kappa shape index (κ1) is 21.9. The molecular formula is C9H13N3O8. The number of nitrogens with one attached hydrogen (secondary N) is 1. The lowest BCUT2D eigenvalue weighted by atomic mass is 10.5. The minimum absolute atomic E-state index is 0.333. The largest absolute Gasteiger partial charge is 0.478 e. The summed E-state index contributed by atoms with van der Waals surface area (Å²) in [5.41, 5.74) is 8.94. The standard InChI is InChI=1S/2C4H4O4.CH5N3/c2*5-3(6)1-2-4(7)8;2-1(3)4/h2*1-2H,(H,5,6)(H,7,8);(H5,2,3,4)/b2*2-1-;. The van der Waals surface area contributed by atoms with Crippen LogP contribution in [0.1, 0.15) is 0 Å². The van der Waals surface area contributed by atoms with E-state index in [1.54, 1.807) is 0 Å². The first-order valence-corrected chi connectivity index (χ1v) is 4.36. The van der Waals surface area contributed by atoms with Crippen molar-refractivity contribution in [2.75, 3.05) is 0 Å². The van der Waals surface area contributed by atoms with Crippen molar-refractivity contribution in [2.45, 2.75) is 0 Å². The van der Waals surface area contributed by atoms with Crippen LogP contribution in [0, 0.1) is 5.41 Å². The van der Waals surface area contributed by atoms with E-state index in [4.69, 9.17) is 25.8 Å². The van der Waals surface area contributed by atoms with Crippen LogP contribution in [0.25, 0.3) is 0 Å². The summed E-state index contributed by atoms with van der Waals surface area (Å²) in [6.45, 7) is 0. The molecule has 11 nitrogen and oxygen atoms in total. The van der Waals surface area contributed by atoms with Crippen molar-refractivity contribution < 1.29 is 39.6 Å². The van der Waals surface area contributed by atoms with Crippen LogP contribution < -0.4 is 11.5 Å². The Labute approximate surface area is 111 Å². The SMILES string of the molecule is N=C(N)N.O=C(O)/C=C\C(=O)O.O=C(O)/C=C\C(=O)O. The third kappa shape index (κ3) is 61.8. The van der Waals surface area contributed by atoms with Gasteiger partial charge in [0.05, 0.1) is 0 Å². The summed E-state index contributed by atoms with van der Waals surface area (Å²) in [5, 5.41) is 37.3. The van der Waals surface area contributed by atoms with E-state index in [1.807, 2.05) is 0 Å². The van der Waals surface area contributed by atoms with E-state index in [0.717, 1.165) is 0 Å². The highest BCUT2D eigenvalue weighted by Gasteiger charge is 1.88. The summed E-state index contributed by atoms with van der Waals surface area (Å²) in [6.07, 6.45) is 2.23. The van der Waals surface area contributed by atoms with Gasteiger partial charge in [0.25, 0.3) is 0 Å². The molecule has 0 unspecified atom stereocenters. The van der Waals surface area contributed by atoms with Crippen LogP contribution in [0.3, 0.4) is 0 Å². The predicted octanol–water partition coefficient (Wildman–Crippen LogP) is -1.74. The smallest absolute Gasteiger partial charge is 0.328 e. The van der Waals surface area contributed by atoms with Gasteiger partial charge in [0.1, 0.15) is 0 Å². The molecule has 0 aliphatic rings. The number of carbonyl (C=O) groups is 4. The third-order valence-corrected chi connectivity index (χ3v) is 0.737. The number of guanidine groups is 1. The van der Waals surface area contributed by atoms with E-state index in [2.05, 4.69) is 11.5 Å². The van der Waals surface area contributed by atoms with Crippen molar-refractivity contribution in [2.24, 2.45) is 11.5 Å². The summed E-state index contributed by atoms with van der Waals surface area (Å²) in [7, 11) is 0. The van der Waals surface area contributed by atoms with Crippen molar-refractivity contribution in [3.05, 3.63) is 24.3 Å². The number of hydrogen-bond acceptors (Lipinski definition) is 5. The molecule has 0 aromatic carbocycles. The van der Waals surface area contributed by atoms with Crippen LogP contribution in [-0.4, -0.2) is 50.3 Å². The number of carboxylic acids is 4. The fourth-order valence-corrected chi connectivity index (χ4v) is 0.285. The second-order valence-electron chi connectivity index (χ2n) is 2.47. The number of aliphatic carboxylic acids is 4. The fraction of sp³-hybridized carbons (Fsp3) is 0. The highest BCUT2D eigenvalue weighted by Crippen LogP contribution is 1.71. The van der Waals surface area contributed by atoms with Crippen LogP contribution in [0.15, 0.2) is 24.3 Å². The molecule has 0 rings (SSSR count). The van der Waals surface area contributed by atoms with Crippen molar-refractivity contribution >= 4 is 29.8 Å². The van der Waals surface area contributed by atoms with E-state index in [0.29, 0.717) is 24.3 Å². The van der Waals surface area contributed by atoms with Crippen molar-refractivity contribution in [1.82, 2.24) is 0 Å². The molecule has 0 aliphatic heterocycles. The Morgan fingerprint density at radius 3 is 0.800 bits per heavy atom. The Kier molecular flexibility index (Phi) is 15.0. The maximum atomic E-state index is 9.55. The molecule has 0 spiro atoms. The van der Waals surface area contributed by atoms with Crippen molar-refractivity contribution in [3.63, 3.8) is 0 Å². The molecule has 0 aliphatic carbocycles. The molecule has 9 N–H and O–H groups in total. The van der Waals surface area contributed by atoms with Gasteiger partial charge in [-0.2, -0.15) is 0 Å². The summed E-state index contributed by atoms with van der Waals surface area (Å²) in [4.78, 5) is 38.2. The Hall–Kier alpha value is -3.37. The average molecular weight is 291 g/mol. The molecule has 0 saturated carbocycles. The molecule has 0 radical (unpaired) electrons. The number of rotatable bonds is 4. The van der Waals surface area contributed by atoms with Gasteiger partial charge in [0.2, 0.25) is 0 Å².